The quantitative estimate of drug-likeness (QED) is 0.324. The third kappa shape index (κ3) is 4.73. The number of aromatic amines is 1. The molecule has 1 atom stereocenters. The van der Waals surface area contributed by atoms with Crippen LogP contribution in [0.1, 0.15) is 38.0 Å². The third-order valence-electron chi connectivity index (χ3n) is 6.63. The molecule has 2 N–H and O–H groups in total. The van der Waals surface area contributed by atoms with Gasteiger partial charge in [0.2, 0.25) is 0 Å². The van der Waals surface area contributed by atoms with Gasteiger partial charge >= 0.3 is 0 Å². The molecule has 0 bridgehead atoms. The molecule has 1 saturated heterocycles. The Labute approximate surface area is 213 Å². The number of para-hydroxylation sites is 1. The van der Waals surface area contributed by atoms with E-state index in [1.54, 1.807) is 59.5 Å². The van der Waals surface area contributed by atoms with Gasteiger partial charge in [-0.2, -0.15) is 0 Å². The highest BCUT2D eigenvalue weighted by atomic mass is 16.2. The van der Waals surface area contributed by atoms with Crippen LogP contribution in [-0.4, -0.2) is 64.0 Å². The topological polar surface area (TPSA) is 103 Å². The van der Waals surface area contributed by atoms with Crippen molar-refractivity contribution in [2.75, 3.05) is 25.0 Å². The van der Waals surface area contributed by atoms with Crippen molar-refractivity contribution in [3.8, 4) is 0 Å². The van der Waals surface area contributed by atoms with Crippen molar-refractivity contribution in [3.05, 3.63) is 102 Å². The minimum atomic E-state index is -0.632. The molecule has 0 saturated carbocycles. The van der Waals surface area contributed by atoms with E-state index in [0.29, 0.717) is 40.8 Å². The molecule has 1 aromatic heterocycles. The number of aromatic nitrogens is 1. The first kappa shape index (κ1) is 24.0. The van der Waals surface area contributed by atoms with E-state index in [4.69, 9.17) is 0 Å². The fraction of sp³-hybridized carbons (Fsp3) is 0.172. The van der Waals surface area contributed by atoms with E-state index in [-0.39, 0.29) is 30.0 Å². The molecule has 3 aromatic carbocycles. The maximum atomic E-state index is 13.3. The SMILES string of the molecule is C[C@@H]1CN(C(=O)c2ccccc2)CCN1C(=O)C(=O)c1c[nH]c2c(NC(=O)c3ccccc3)cccc12. The lowest BCUT2D eigenvalue weighted by Crippen LogP contribution is -2.56. The fourth-order valence-electron chi connectivity index (χ4n) is 4.68. The van der Waals surface area contributed by atoms with Crippen molar-refractivity contribution >= 4 is 40.1 Å². The van der Waals surface area contributed by atoms with E-state index in [1.807, 2.05) is 31.2 Å². The number of ketones is 1. The number of anilines is 1. The van der Waals surface area contributed by atoms with Gasteiger partial charge in [0, 0.05) is 48.4 Å². The highest BCUT2D eigenvalue weighted by Crippen LogP contribution is 2.27. The summed E-state index contributed by atoms with van der Waals surface area (Å²) in [4.78, 5) is 58.2. The molecule has 1 aliphatic heterocycles. The Bertz CT molecular complexity index is 1480. The van der Waals surface area contributed by atoms with E-state index in [2.05, 4.69) is 10.3 Å². The van der Waals surface area contributed by atoms with Crippen molar-refractivity contribution < 1.29 is 19.2 Å². The van der Waals surface area contributed by atoms with Crippen LogP contribution in [0.5, 0.6) is 0 Å². The molecule has 3 amide bonds. The molecule has 0 aliphatic carbocycles. The largest absolute Gasteiger partial charge is 0.359 e. The Kier molecular flexibility index (Phi) is 6.55. The second-order valence-corrected chi connectivity index (χ2v) is 9.04. The molecule has 0 spiro atoms. The van der Waals surface area contributed by atoms with Crippen molar-refractivity contribution in [1.29, 1.82) is 0 Å². The molecule has 0 radical (unpaired) electrons. The second kappa shape index (κ2) is 10.1. The zero-order valence-electron chi connectivity index (χ0n) is 20.3. The molecule has 1 fully saturated rings. The summed E-state index contributed by atoms with van der Waals surface area (Å²) in [5.41, 5.74) is 2.43. The van der Waals surface area contributed by atoms with Gasteiger partial charge in [-0.3, -0.25) is 19.2 Å². The van der Waals surface area contributed by atoms with Crippen molar-refractivity contribution in [2.45, 2.75) is 13.0 Å². The summed E-state index contributed by atoms with van der Waals surface area (Å²) < 4.78 is 0. The molecule has 8 nitrogen and oxygen atoms in total. The summed E-state index contributed by atoms with van der Waals surface area (Å²) >= 11 is 0. The number of Topliss-reactive ketones (excluding diaryl/α,β-unsaturated/α-hetero) is 1. The predicted octanol–water partition coefficient (Wildman–Crippen LogP) is 3.98. The van der Waals surface area contributed by atoms with Gasteiger partial charge in [-0.15, -0.1) is 0 Å². The standard InChI is InChI=1S/C29H26N4O4/c1-19-18-32(28(36)21-11-6-3-7-12-21)15-16-33(19)29(37)26(34)23-17-30-25-22(23)13-8-14-24(25)31-27(35)20-9-4-2-5-10-20/h2-14,17,19,30H,15-16,18H2,1H3,(H,31,35)/t19-/m1/s1. The van der Waals surface area contributed by atoms with Crippen LogP contribution < -0.4 is 5.32 Å². The Morgan fingerprint density at radius 2 is 1.51 bits per heavy atom. The van der Waals surface area contributed by atoms with Crippen LogP contribution in [0.25, 0.3) is 10.9 Å². The second-order valence-electron chi connectivity index (χ2n) is 9.04. The maximum absolute atomic E-state index is 13.3. The Morgan fingerprint density at radius 3 is 2.19 bits per heavy atom. The molecule has 5 rings (SSSR count). The van der Waals surface area contributed by atoms with Gasteiger partial charge in [-0.05, 0) is 37.3 Å². The van der Waals surface area contributed by atoms with Gasteiger partial charge in [-0.1, -0.05) is 48.5 Å². The van der Waals surface area contributed by atoms with Crippen molar-refractivity contribution in [3.63, 3.8) is 0 Å². The summed E-state index contributed by atoms with van der Waals surface area (Å²) in [6, 6.07) is 22.7. The number of fused-ring (bicyclic) bond motifs is 1. The lowest BCUT2D eigenvalue weighted by molar-refractivity contribution is -0.130. The molecule has 37 heavy (non-hydrogen) atoms. The Hall–Kier alpha value is -4.72. The summed E-state index contributed by atoms with van der Waals surface area (Å²) in [7, 11) is 0. The van der Waals surface area contributed by atoms with Crippen LogP contribution in [0.3, 0.4) is 0 Å². The summed E-state index contributed by atoms with van der Waals surface area (Å²) in [6.45, 7) is 2.80. The number of carbonyl (C=O) groups excluding carboxylic acids is 4. The molecule has 0 unspecified atom stereocenters. The summed E-state index contributed by atoms with van der Waals surface area (Å²) in [5, 5.41) is 3.42. The van der Waals surface area contributed by atoms with E-state index in [9.17, 15) is 19.2 Å². The average molecular weight is 495 g/mol. The zero-order valence-corrected chi connectivity index (χ0v) is 20.3. The van der Waals surface area contributed by atoms with Gasteiger partial charge < -0.3 is 20.1 Å². The van der Waals surface area contributed by atoms with Crippen LogP contribution in [0.2, 0.25) is 0 Å². The highest BCUT2D eigenvalue weighted by Gasteiger charge is 2.34. The van der Waals surface area contributed by atoms with Crippen LogP contribution in [0.4, 0.5) is 5.69 Å². The zero-order chi connectivity index (χ0) is 25.9. The average Bonchev–Trinajstić information content (AvgIpc) is 3.38. The maximum Gasteiger partial charge on any atom is 0.295 e. The number of H-pyrrole nitrogens is 1. The summed E-state index contributed by atoms with van der Waals surface area (Å²) in [6.07, 6.45) is 1.50. The number of piperazine rings is 1. The molecule has 1 aliphatic rings. The minimum Gasteiger partial charge on any atom is -0.359 e. The highest BCUT2D eigenvalue weighted by molar-refractivity contribution is 6.45. The molecule has 4 aromatic rings. The van der Waals surface area contributed by atoms with Gasteiger partial charge in [-0.25, -0.2) is 0 Å². The first-order valence-corrected chi connectivity index (χ1v) is 12.1. The summed E-state index contributed by atoms with van der Waals surface area (Å²) in [5.74, 6) is -1.61. The van der Waals surface area contributed by atoms with Crippen LogP contribution in [0, 0.1) is 0 Å². The number of benzene rings is 3. The predicted molar refractivity (Wildman–Crippen MR) is 141 cm³/mol. The molecular weight excluding hydrogens is 468 g/mol. The smallest absolute Gasteiger partial charge is 0.295 e. The van der Waals surface area contributed by atoms with Crippen LogP contribution in [0.15, 0.2) is 85.1 Å². The molecule has 8 heteroatoms. The fourth-order valence-corrected chi connectivity index (χ4v) is 4.68. The lowest BCUT2D eigenvalue weighted by atomic mass is 10.1. The normalized spacial score (nSPS) is 15.4. The van der Waals surface area contributed by atoms with E-state index in [0.717, 1.165) is 0 Å². The number of carbonyl (C=O) groups is 4. The monoisotopic (exact) mass is 494 g/mol. The lowest BCUT2D eigenvalue weighted by Gasteiger charge is -2.39. The molecule has 2 heterocycles. The van der Waals surface area contributed by atoms with E-state index < -0.39 is 11.7 Å². The third-order valence-corrected chi connectivity index (χ3v) is 6.63. The Balaban J connectivity index is 1.31. The van der Waals surface area contributed by atoms with Crippen molar-refractivity contribution in [2.24, 2.45) is 0 Å². The van der Waals surface area contributed by atoms with Gasteiger partial charge in [0.25, 0.3) is 23.5 Å². The van der Waals surface area contributed by atoms with Gasteiger partial charge in [0.15, 0.2) is 0 Å². The number of amides is 3. The van der Waals surface area contributed by atoms with Crippen LogP contribution >= 0.6 is 0 Å². The van der Waals surface area contributed by atoms with Gasteiger partial charge in [0.1, 0.15) is 0 Å². The molecular formula is C29H26N4O4. The Morgan fingerprint density at radius 1 is 0.838 bits per heavy atom. The number of hydrogen-bond acceptors (Lipinski definition) is 4. The number of rotatable bonds is 5. The molecule has 186 valence electrons. The minimum absolute atomic E-state index is 0.0902. The van der Waals surface area contributed by atoms with Crippen molar-refractivity contribution in [1.82, 2.24) is 14.8 Å². The number of nitrogens with one attached hydrogen (secondary N) is 2. The first-order chi connectivity index (χ1) is 17.9. The van der Waals surface area contributed by atoms with Crippen LogP contribution in [-0.2, 0) is 4.79 Å². The number of nitrogens with zero attached hydrogens (tertiary/aromatic N) is 2. The first-order valence-electron chi connectivity index (χ1n) is 12.1. The number of hydrogen-bond donors (Lipinski definition) is 2. The van der Waals surface area contributed by atoms with E-state index >= 15 is 0 Å². The van der Waals surface area contributed by atoms with E-state index in [1.165, 1.54) is 11.1 Å². The van der Waals surface area contributed by atoms with Gasteiger partial charge in [0.05, 0.1) is 16.8 Å².